The Morgan fingerprint density at radius 2 is 2.41 bits per heavy atom. The van der Waals surface area contributed by atoms with Gasteiger partial charge in [-0.05, 0) is 23.6 Å². The molecule has 1 atom stereocenters. The minimum Gasteiger partial charge on any atom is -0.493 e. The molecule has 3 nitrogen and oxygen atoms in total. The SMILES string of the molecule is CCC(NCCC#N)c1ccc2c(c1)CCO2. The van der Waals surface area contributed by atoms with Crippen LogP contribution in [0.4, 0.5) is 0 Å². The van der Waals surface area contributed by atoms with Crippen LogP contribution >= 0.6 is 0 Å². The number of rotatable bonds is 5. The first-order chi connectivity index (χ1) is 8.35. The van der Waals surface area contributed by atoms with E-state index in [1.165, 1.54) is 11.1 Å². The van der Waals surface area contributed by atoms with Crippen molar-refractivity contribution in [2.24, 2.45) is 0 Å². The van der Waals surface area contributed by atoms with Gasteiger partial charge in [-0.3, -0.25) is 0 Å². The highest BCUT2D eigenvalue weighted by Gasteiger charge is 2.15. The van der Waals surface area contributed by atoms with Crippen molar-refractivity contribution in [2.75, 3.05) is 13.2 Å². The van der Waals surface area contributed by atoms with E-state index in [1.54, 1.807) is 0 Å². The van der Waals surface area contributed by atoms with Crippen LogP contribution in [-0.2, 0) is 6.42 Å². The van der Waals surface area contributed by atoms with Crippen molar-refractivity contribution in [1.82, 2.24) is 5.32 Å². The summed E-state index contributed by atoms with van der Waals surface area (Å²) in [4.78, 5) is 0. The van der Waals surface area contributed by atoms with Crippen LogP contribution in [0.1, 0.15) is 36.9 Å². The van der Waals surface area contributed by atoms with E-state index in [9.17, 15) is 0 Å². The second kappa shape index (κ2) is 5.70. The Kier molecular flexibility index (Phi) is 4.00. The summed E-state index contributed by atoms with van der Waals surface area (Å²) >= 11 is 0. The molecule has 0 saturated heterocycles. The summed E-state index contributed by atoms with van der Waals surface area (Å²) in [7, 11) is 0. The first-order valence-corrected chi connectivity index (χ1v) is 6.21. The maximum absolute atomic E-state index is 8.54. The largest absolute Gasteiger partial charge is 0.493 e. The maximum atomic E-state index is 8.54. The zero-order valence-electron chi connectivity index (χ0n) is 10.2. The Morgan fingerprint density at radius 3 is 3.18 bits per heavy atom. The van der Waals surface area contributed by atoms with Crippen LogP contribution in [0, 0.1) is 11.3 Å². The highest BCUT2D eigenvalue weighted by atomic mass is 16.5. The van der Waals surface area contributed by atoms with Gasteiger partial charge in [0.1, 0.15) is 5.75 Å². The predicted octanol–water partition coefficient (Wildman–Crippen LogP) is 2.58. The standard InChI is InChI=1S/C14H18N2O/c1-2-13(16-8-3-7-15)11-4-5-14-12(10-11)6-9-17-14/h4-5,10,13,16H,2-3,6,8-9H2,1H3. The quantitative estimate of drug-likeness (QED) is 0.791. The third-order valence-electron chi connectivity index (χ3n) is 3.15. The van der Waals surface area contributed by atoms with Gasteiger partial charge in [0.05, 0.1) is 12.7 Å². The van der Waals surface area contributed by atoms with Crippen LogP contribution < -0.4 is 10.1 Å². The van der Waals surface area contributed by atoms with Crippen molar-refractivity contribution in [2.45, 2.75) is 32.2 Å². The van der Waals surface area contributed by atoms with Gasteiger partial charge in [0.2, 0.25) is 0 Å². The summed E-state index contributed by atoms with van der Waals surface area (Å²) in [5, 5.41) is 12.0. The Labute approximate surface area is 102 Å². The van der Waals surface area contributed by atoms with Gasteiger partial charge in [0.15, 0.2) is 0 Å². The van der Waals surface area contributed by atoms with E-state index >= 15 is 0 Å². The molecule has 0 radical (unpaired) electrons. The lowest BCUT2D eigenvalue weighted by Crippen LogP contribution is -2.21. The second-order valence-corrected chi connectivity index (χ2v) is 4.29. The lowest BCUT2D eigenvalue weighted by Gasteiger charge is -2.17. The molecule has 0 saturated carbocycles. The van der Waals surface area contributed by atoms with Gasteiger partial charge in [-0.15, -0.1) is 0 Å². The Morgan fingerprint density at radius 1 is 1.53 bits per heavy atom. The molecule has 3 heteroatoms. The molecule has 2 rings (SSSR count). The summed E-state index contributed by atoms with van der Waals surface area (Å²) in [6.07, 6.45) is 2.60. The fourth-order valence-electron chi connectivity index (χ4n) is 2.22. The van der Waals surface area contributed by atoms with Crippen LogP contribution in [-0.4, -0.2) is 13.2 Å². The first kappa shape index (κ1) is 11.9. The van der Waals surface area contributed by atoms with Crippen molar-refractivity contribution < 1.29 is 4.74 Å². The Bertz CT molecular complexity index is 423. The highest BCUT2D eigenvalue weighted by molar-refractivity contribution is 5.40. The molecule has 90 valence electrons. The number of hydrogen-bond acceptors (Lipinski definition) is 3. The van der Waals surface area contributed by atoms with E-state index in [4.69, 9.17) is 10.00 Å². The van der Waals surface area contributed by atoms with Crippen molar-refractivity contribution in [3.05, 3.63) is 29.3 Å². The number of ether oxygens (including phenoxy) is 1. The molecule has 0 bridgehead atoms. The van der Waals surface area contributed by atoms with Gasteiger partial charge in [-0.2, -0.15) is 5.26 Å². The zero-order valence-corrected chi connectivity index (χ0v) is 10.2. The van der Waals surface area contributed by atoms with Crippen LogP contribution in [0.2, 0.25) is 0 Å². The maximum Gasteiger partial charge on any atom is 0.122 e. The normalized spacial score (nSPS) is 14.8. The molecule has 17 heavy (non-hydrogen) atoms. The molecule has 1 aliphatic heterocycles. The molecular formula is C14H18N2O. The van der Waals surface area contributed by atoms with Gasteiger partial charge in [0, 0.05) is 25.4 Å². The Hall–Kier alpha value is -1.53. The van der Waals surface area contributed by atoms with E-state index in [0.717, 1.165) is 31.7 Å². The minimum absolute atomic E-state index is 0.342. The molecule has 0 spiro atoms. The summed E-state index contributed by atoms with van der Waals surface area (Å²) in [5.41, 5.74) is 2.61. The monoisotopic (exact) mass is 230 g/mol. The van der Waals surface area contributed by atoms with E-state index in [2.05, 4.69) is 36.5 Å². The van der Waals surface area contributed by atoms with Crippen LogP contribution in [0.15, 0.2) is 18.2 Å². The average molecular weight is 230 g/mol. The van der Waals surface area contributed by atoms with E-state index in [1.807, 2.05) is 0 Å². The van der Waals surface area contributed by atoms with Gasteiger partial charge >= 0.3 is 0 Å². The zero-order chi connectivity index (χ0) is 12.1. The van der Waals surface area contributed by atoms with Gasteiger partial charge in [-0.25, -0.2) is 0 Å². The fraction of sp³-hybridized carbons (Fsp3) is 0.500. The second-order valence-electron chi connectivity index (χ2n) is 4.29. The summed E-state index contributed by atoms with van der Waals surface area (Å²) in [6.45, 7) is 3.72. The van der Waals surface area contributed by atoms with Gasteiger partial charge in [0.25, 0.3) is 0 Å². The molecule has 0 fully saturated rings. The summed E-state index contributed by atoms with van der Waals surface area (Å²) in [5.74, 6) is 1.03. The molecule has 1 aliphatic rings. The average Bonchev–Trinajstić information content (AvgIpc) is 2.82. The number of benzene rings is 1. The first-order valence-electron chi connectivity index (χ1n) is 6.21. The van der Waals surface area contributed by atoms with Crippen LogP contribution in [0.25, 0.3) is 0 Å². The molecule has 1 aromatic rings. The molecule has 0 aliphatic carbocycles. The summed E-state index contributed by atoms with van der Waals surface area (Å²) < 4.78 is 5.50. The molecule has 1 heterocycles. The highest BCUT2D eigenvalue weighted by Crippen LogP contribution is 2.28. The molecule has 1 aromatic carbocycles. The summed E-state index contributed by atoms with van der Waals surface area (Å²) in [6, 6.07) is 8.92. The van der Waals surface area contributed by atoms with Crippen LogP contribution in [0.5, 0.6) is 5.75 Å². The topological polar surface area (TPSA) is 45.0 Å². The third-order valence-corrected chi connectivity index (χ3v) is 3.15. The predicted molar refractivity (Wildman–Crippen MR) is 66.9 cm³/mol. The number of hydrogen-bond donors (Lipinski definition) is 1. The molecule has 1 unspecified atom stereocenters. The van der Waals surface area contributed by atoms with E-state index in [0.29, 0.717) is 12.5 Å². The lowest BCUT2D eigenvalue weighted by molar-refractivity contribution is 0.356. The fourth-order valence-corrected chi connectivity index (χ4v) is 2.22. The van der Waals surface area contributed by atoms with Gasteiger partial charge in [-0.1, -0.05) is 19.1 Å². The lowest BCUT2D eigenvalue weighted by atomic mass is 10.0. The van der Waals surface area contributed by atoms with E-state index < -0.39 is 0 Å². The van der Waals surface area contributed by atoms with Crippen molar-refractivity contribution in [3.8, 4) is 11.8 Å². The molecule has 0 aromatic heterocycles. The molecular weight excluding hydrogens is 212 g/mol. The van der Waals surface area contributed by atoms with Gasteiger partial charge < -0.3 is 10.1 Å². The molecule has 0 amide bonds. The number of nitrogens with zero attached hydrogens (tertiary/aromatic N) is 1. The van der Waals surface area contributed by atoms with Crippen LogP contribution in [0.3, 0.4) is 0 Å². The minimum atomic E-state index is 0.342. The van der Waals surface area contributed by atoms with Crippen molar-refractivity contribution >= 4 is 0 Å². The molecule has 1 N–H and O–H groups in total. The smallest absolute Gasteiger partial charge is 0.122 e. The number of nitriles is 1. The van der Waals surface area contributed by atoms with Crippen molar-refractivity contribution in [1.29, 1.82) is 5.26 Å². The number of fused-ring (bicyclic) bond motifs is 1. The number of nitrogens with one attached hydrogen (secondary N) is 1. The van der Waals surface area contributed by atoms with Crippen molar-refractivity contribution in [3.63, 3.8) is 0 Å². The third kappa shape index (κ3) is 2.78. The van der Waals surface area contributed by atoms with E-state index in [-0.39, 0.29) is 0 Å². The Balaban J connectivity index is 2.06.